The molecule has 0 saturated carbocycles. The van der Waals surface area contributed by atoms with Crippen molar-refractivity contribution in [3.8, 4) is 0 Å². The van der Waals surface area contributed by atoms with E-state index in [0.29, 0.717) is 32.8 Å². The van der Waals surface area contributed by atoms with Gasteiger partial charge < -0.3 is 51.1 Å². The molecule has 4 amide bonds. The Morgan fingerprint density at radius 3 is 1.72 bits per heavy atom. The van der Waals surface area contributed by atoms with Crippen LogP contribution in [-0.4, -0.2) is 120 Å². The average molecular weight is 564 g/mol. The zero-order valence-corrected chi connectivity index (χ0v) is 22.8. The summed E-state index contributed by atoms with van der Waals surface area (Å²) in [7, 11) is 0. The first-order chi connectivity index (χ1) is 18.8. The fourth-order valence-electron chi connectivity index (χ4n) is 2.94. The van der Waals surface area contributed by atoms with Crippen LogP contribution in [0.2, 0.25) is 0 Å². The summed E-state index contributed by atoms with van der Waals surface area (Å²) in [5, 5.41) is 19.3. The number of carbonyl (C=O) groups excluding carboxylic acids is 4. The van der Waals surface area contributed by atoms with Crippen LogP contribution in [0.1, 0.15) is 39.0 Å². The van der Waals surface area contributed by atoms with Gasteiger partial charge in [-0.2, -0.15) is 0 Å². The largest absolute Gasteiger partial charge is 0.480 e. The Morgan fingerprint density at radius 2 is 1.21 bits per heavy atom. The predicted molar refractivity (Wildman–Crippen MR) is 140 cm³/mol. The Morgan fingerprint density at radius 1 is 0.692 bits per heavy atom. The lowest BCUT2D eigenvalue weighted by molar-refractivity contribution is -0.142. The van der Waals surface area contributed by atoms with Gasteiger partial charge >= 0.3 is 5.97 Å². The average Bonchev–Trinajstić information content (AvgIpc) is 2.89. The number of carbonyl (C=O) groups is 5. The van der Waals surface area contributed by atoms with Crippen molar-refractivity contribution in [3.05, 3.63) is 0 Å². The SMILES string of the molecule is CC(=O)N[C@@H](CCC(=O)NCCOCCOCC(=O)NCCOCCOCC(=O)NCCCCCN)C(=O)O. The molecule has 1 atom stereocenters. The van der Waals surface area contributed by atoms with E-state index in [0.717, 1.165) is 19.3 Å². The maximum Gasteiger partial charge on any atom is 0.326 e. The summed E-state index contributed by atoms with van der Waals surface area (Å²) in [6, 6.07) is -1.11. The molecule has 0 fully saturated rings. The quantitative estimate of drug-likeness (QED) is 0.0626. The molecule has 0 aromatic carbocycles. The number of nitrogens with one attached hydrogen (secondary N) is 4. The predicted octanol–water partition coefficient (Wildman–Crippen LogP) is -2.10. The highest BCUT2D eigenvalue weighted by Crippen LogP contribution is 1.98. The van der Waals surface area contributed by atoms with Gasteiger partial charge in [-0.15, -0.1) is 0 Å². The lowest BCUT2D eigenvalue weighted by Gasteiger charge is -2.13. The van der Waals surface area contributed by atoms with E-state index in [4.69, 9.17) is 29.8 Å². The minimum Gasteiger partial charge on any atom is -0.480 e. The van der Waals surface area contributed by atoms with Gasteiger partial charge in [0.05, 0.1) is 39.6 Å². The van der Waals surface area contributed by atoms with Gasteiger partial charge in [0.25, 0.3) is 0 Å². The van der Waals surface area contributed by atoms with E-state index < -0.39 is 17.9 Å². The maximum atomic E-state index is 11.7. The van der Waals surface area contributed by atoms with Crippen molar-refractivity contribution in [2.45, 2.75) is 45.1 Å². The van der Waals surface area contributed by atoms with Crippen molar-refractivity contribution < 1.29 is 48.0 Å². The first-order valence-corrected chi connectivity index (χ1v) is 13.1. The Kier molecular flexibility index (Phi) is 23.6. The first kappa shape index (κ1) is 36.1. The van der Waals surface area contributed by atoms with Gasteiger partial charge in [0, 0.05) is 33.0 Å². The summed E-state index contributed by atoms with van der Waals surface area (Å²) in [5.74, 6) is -2.51. The highest BCUT2D eigenvalue weighted by molar-refractivity contribution is 5.83. The second kappa shape index (κ2) is 25.4. The van der Waals surface area contributed by atoms with Gasteiger partial charge in [-0.1, -0.05) is 6.42 Å². The van der Waals surface area contributed by atoms with Crippen LogP contribution in [0.3, 0.4) is 0 Å². The molecule has 0 rings (SSSR count). The molecule has 0 aliphatic carbocycles. The zero-order valence-electron chi connectivity index (χ0n) is 22.8. The summed E-state index contributed by atoms with van der Waals surface area (Å²) in [6.07, 6.45) is 2.75. The van der Waals surface area contributed by atoms with E-state index in [2.05, 4.69) is 21.3 Å². The van der Waals surface area contributed by atoms with Crippen molar-refractivity contribution in [2.24, 2.45) is 5.73 Å². The van der Waals surface area contributed by atoms with Crippen LogP contribution in [0, 0.1) is 0 Å². The highest BCUT2D eigenvalue weighted by Gasteiger charge is 2.19. The first-order valence-electron chi connectivity index (χ1n) is 13.1. The molecule has 39 heavy (non-hydrogen) atoms. The lowest BCUT2D eigenvalue weighted by Crippen LogP contribution is -2.40. The zero-order chi connectivity index (χ0) is 29.1. The van der Waals surface area contributed by atoms with Gasteiger partial charge in [0.1, 0.15) is 19.3 Å². The second-order valence-corrected chi connectivity index (χ2v) is 8.36. The molecule has 0 spiro atoms. The maximum absolute atomic E-state index is 11.7. The Hall–Kier alpha value is -2.85. The summed E-state index contributed by atoms with van der Waals surface area (Å²) in [6.45, 7) is 4.34. The molecular weight excluding hydrogens is 518 g/mol. The van der Waals surface area contributed by atoms with Crippen molar-refractivity contribution in [1.82, 2.24) is 21.3 Å². The number of unbranched alkanes of at least 4 members (excludes halogenated alkanes) is 2. The van der Waals surface area contributed by atoms with E-state index in [1.807, 2.05) is 0 Å². The van der Waals surface area contributed by atoms with Crippen LogP contribution in [0.4, 0.5) is 0 Å². The van der Waals surface area contributed by atoms with E-state index in [-0.39, 0.29) is 76.7 Å². The van der Waals surface area contributed by atoms with E-state index >= 15 is 0 Å². The molecule has 15 nitrogen and oxygen atoms in total. The second-order valence-electron chi connectivity index (χ2n) is 8.36. The van der Waals surface area contributed by atoms with Crippen LogP contribution in [0.5, 0.6) is 0 Å². The van der Waals surface area contributed by atoms with E-state index in [1.165, 1.54) is 6.92 Å². The monoisotopic (exact) mass is 563 g/mol. The summed E-state index contributed by atoms with van der Waals surface area (Å²) in [4.78, 5) is 57.0. The molecule has 0 radical (unpaired) electrons. The van der Waals surface area contributed by atoms with Crippen molar-refractivity contribution >= 4 is 29.6 Å². The molecule has 0 aliphatic heterocycles. The van der Waals surface area contributed by atoms with Gasteiger partial charge in [-0.25, -0.2) is 4.79 Å². The number of amides is 4. The smallest absolute Gasteiger partial charge is 0.326 e. The Labute approximate surface area is 229 Å². The number of carboxylic acids is 1. The van der Waals surface area contributed by atoms with Crippen LogP contribution >= 0.6 is 0 Å². The molecular formula is C24H45N5O10. The number of aliphatic carboxylic acids is 1. The third kappa shape index (κ3) is 25.2. The molecule has 0 aromatic rings. The number of rotatable bonds is 26. The third-order valence-electron chi connectivity index (χ3n) is 4.89. The fourth-order valence-corrected chi connectivity index (χ4v) is 2.94. The van der Waals surface area contributed by atoms with Crippen LogP contribution in [-0.2, 0) is 42.9 Å². The number of hydrogen-bond acceptors (Lipinski definition) is 10. The summed E-state index contributed by atoms with van der Waals surface area (Å²) >= 11 is 0. The molecule has 0 heterocycles. The molecule has 0 bridgehead atoms. The van der Waals surface area contributed by atoms with Crippen LogP contribution < -0.4 is 27.0 Å². The molecule has 0 aromatic heterocycles. The summed E-state index contributed by atoms with van der Waals surface area (Å²) in [5.41, 5.74) is 5.41. The van der Waals surface area contributed by atoms with E-state index in [1.54, 1.807) is 0 Å². The highest BCUT2D eigenvalue weighted by atomic mass is 16.5. The van der Waals surface area contributed by atoms with Crippen LogP contribution in [0.15, 0.2) is 0 Å². The molecule has 7 N–H and O–H groups in total. The number of carboxylic acid groups (broad SMARTS) is 1. The third-order valence-corrected chi connectivity index (χ3v) is 4.89. The lowest BCUT2D eigenvalue weighted by atomic mass is 10.1. The molecule has 226 valence electrons. The van der Waals surface area contributed by atoms with Crippen LogP contribution in [0.25, 0.3) is 0 Å². The van der Waals surface area contributed by atoms with Gasteiger partial charge in [0.2, 0.25) is 23.6 Å². The molecule has 15 heteroatoms. The molecule has 0 unspecified atom stereocenters. The van der Waals surface area contributed by atoms with Crippen molar-refractivity contribution in [3.63, 3.8) is 0 Å². The number of nitrogens with two attached hydrogens (primary N) is 1. The topological polar surface area (TPSA) is 217 Å². The summed E-state index contributed by atoms with van der Waals surface area (Å²) < 4.78 is 21.0. The standard InChI is InChI=1S/C24H45N5O10/c1-19(30)29-20(24(34)35)5-6-21(31)27-9-11-36-13-16-39-18-23(33)28-10-12-37-14-15-38-17-22(32)26-8-4-2-3-7-25/h20H,2-18,25H2,1H3,(H,26,32)(H,27,31)(H,28,33)(H,29,30)(H,34,35)/t20-/m0/s1. The van der Waals surface area contributed by atoms with Crippen molar-refractivity contribution in [2.75, 3.05) is 79.0 Å². The van der Waals surface area contributed by atoms with Gasteiger partial charge in [-0.3, -0.25) is 19.2 Å². The Balaban J connectivity index is 3.48. The number of ether oxygens (including phenoxy) is 4. The minimum absolute atomic E-state index is 0.0189. The molecule has 0 saturated heterocycles. The van der Waals surface area contributed by atoms with Crippen molar-refractivity contribution in [1.29, 1.82) is 0 Å². The van der Waals surface area contributed by atoms with Gasteiger partial charge in [-0.05, 0) is 25.8 Å². The Bertz CT molecular complexity index is 711. The van der Waals surface area contributed by atoms with Gasteiger partial charge in [0.15, 0.2) is 0 Å². The fraction of sp³-hybridized carbons (Fsp3) is 0.792. The minimum atomic E-state index is -1.20. The number of hydrogen-bond donors (Lipinski definition) is 6. The van der Waals surface area contributed by atoms with E-state index in [9.17, 15) is 24.0 Å². The normalized spacial score (nSPS) is 11.4. The molecule has 0 aliphatic rings.